The minimum absolute atomic E-state index is 0.916. The number of aryl methyl sites for hydroxylation is 1. The van der Waals surface area contributed by atoms with Gasteiger partial charge in [-0.25, -0.2) is 0 Å². The number of benzene rings is 7. The zero-order valence-electron chi connectivity index (χ0n) is 31.9. The van der Waals surface area contributed by atoms with Crippen LogP contribution in [0, 0.1) is 17.8 Å². The molecule has 0 aliphatic heterocycles. The van der Waals surface area contributed by atoms with Crippen LogP contribution >= 0.6 is 11.3 Å². The van der Waals surface area contributed by atoms with Crippen LogP contribution in [-0.4, -0.2) is 0 Å². The number of hydrogen-bond donors (Lipinski definition) is 0. The molecule has 56 heavy (non-hydrogen) atoms. The second kappa shape index (κ2) is 15.5. The first kappa shape index (κ1) is 34.8. The molecule has 2 saturated carbocycles. The van der Waals surface area contributed by atoms with E-state index in [4.69, 9.17) is 0 Å². The van der Waals surface area contributed by atoms with Gasteiger partial charge in [0.25, 0.3) is 0 Å². The summed E-state index contributed by atoms with van der Waals surface area (Å²) in [5.41, 5.74) is 10.8. The van der Waals surface area contributed by atoms with Gasteiger partial charge < -0.3 is 9.80 Å². The normalized spacial score (nSPS) is 17.9. The van der Waals surface area contributed by atoms with Gasteiger partial charge in [-0.05, 0) is 151 Å². The summed E-state index contributed by atoms with van der Waals surface area (Å²) in [6, 6.07) is 64.5. The van der Waals surface area contributed by atoms with Crippen molar-refractivity contribution in [2.45, 2.75) is 51.4 Å². The monoisotopic (exact) mass is 744 g/mol. The highest BCUT2D eigenvalue weighted by Gasteiger charge is 2.31. The van der Waals surface area contributed by atoms with E-state index in [9.17, 15) is 0 Å². The molecule has 2 unspecified atom stereocenters. The van der Waals surface area contributed by atoms with Gasteiger partial charge in [0.1, 0.15) is 0 Å². The Balaban J connectivity index is 0.897. The third-order valence-corrected chi connectivity index (χ3v) is 13.6. The van der Waals surface area contributed by atoms with Crippen molar-refractivity contribution in [3.05, 3.63) is 181 Å². The van der Waals surface area contributed by atoms with Crippen LogP contribution in [0.4, 0.5) is 34.1 Å². The predicted molar refractivity (Wildman–Crippen MR) is 241 cm³/mol. The smallest absolute Gasteiger partial charge is 0.0468 e. The molecule has 10 rings (SSSR count). The van der Waals surface area contributed by atoms with Crippen molar-refractivity contribution in [1.29, 1.82) is 0 Å². The molecule has 2 atom stereocenters. The van der Waals surface area contributed by atoms with Crippen LogP contribution < -0.4 is 9.80 Å². The van der Waals surface area contributed by atoms with E-state index in [1.165, 1.54) is 99.6 Å². The number of thiophene rings is 1. The van der Waals surface area contributed by atoms with E-state index in [0.717, 1.165) is 40.5 Å². The maximum Gasteiger partial charge on any atom is 0.0468 e. The van der Waals surface area contributed by atoms with Crippen molar-refractivity contribution < 1.29 is 0 Å². The summed E-state index contributed by atoms with van der Waals surface area (Å²) in [7, 11) is 0. The molecular weight excluding hydrogens is 697 g/mol. The number of fused-ring (bicyclic) bond motifs is 5. The first-order valence-corrected chi connectivity index (χ1v) is 21.4. The van der Waals surface area contributed by atoms with Gasteiger partial charge >= 0.3 is 0 Å². The minimum atomic E-state index is 0.916. The van der Waals surface area contributed by atoms with Crippen molar-refractivity contribution in [1.82, 2.24) is 0 Å². The van der Waals surface area contributed by atoms with E-state index in [-0.39, 0.29) is 0 Å². The molecule has 1 heterocycles. The Hall–Kier alpha value is -5.64. The van der Waals surface area contributed by atoms with Gasteiger partial charge in [0.05, 0.1) is 0 Å². The third kappa shape index (κ3) is 7.13. The number of anilines is 6. The van der Waals surface area contributed by atoms with E-state index < -0.39 is 0 Å². The maximum atomic E-state index is 2.38. The van der Waals surface area contributed by atoms with Gasteiger partial charge in [-0.3, -0.25) is 0 Å². The lowest BCUT2D eigenvalue weighted by Crippen LogP contribution is -2.27. The molecule has 8 aromatic rings. The van der Waals surface area contributed by atoms with Crippen LogP contribution in [-0.2, 0) is 6.42 Å². The summed E-state index contributed by atoms with van der Waals surface area (Å²) in [5, 5.41) is 2.62. The average molecular weight is 745 g/mol. The van der Waals surface area contributed by atoms with Crippen LogP contribution in [0.25, 0.3) is 31.3 Å². The first-order valence-electron chi connectivity index (χ1n) is 20.6. The van der Waals surface area contributed by atoms with Gasteiger partial charge in [0.2, 0.25) is 0 Å². The van der Waals surface area contributed by atoms with Crippen molar-refractivity contribution in [2.75, 3.05) is 9.80 Å². The van der Waals surface area contributed by atoms with E-state index in [1.54, 1.807) is 0 Å². The largest absolute Gasteiger partial charge is 0.311 e. The maximum absolute atomic E-state index is 2.38. The van der Waals surface area contributed by atoms with Crippen LogP contribution in [0.1, 0.15) is 50.5 Å². The second-order valence-electron chi connectivity index (χ2n) is 16.2. The quantitative estimate of drug-likeness (QED) is 0.138. The van der Waals surface area contributed by atoms with Gasteiger partial charge in [-0.2, -0.15) is 0 Å². The summed E-state index contributed by atoms with van der Waals surface area (Å²) in [4.78, 5) is 4.74. The molecule has 276 valence electrons. The molecule has 2 bridgehead atoms. The Bertz CT molecular complexity index is 2530. The van der Waals surface area contributed by atoms with Gasteiger partial charge in [0, 0.05) is 54.3 Å². The lowest BCUT2D eigenvalue weighted by molar-refractivity contribution is 0.132. The average Bonchev–Trinajstić information content (AvgIpc) is 3.63. The van der Waals surface area contributed by atoms with Crippen molar-refractivity contribution in [2.24, 2.45) is 17.8 Å². The molecule has 1 aromatic heterocycles. The Morgan fingerprint density at radius 1 is 0.429 bits per heavy atom. The molecule has 0 radical (unpaired) electrons. The van der Waals surface area contributed by atoms with Crippen molar-refractivity contribution in [3.8, 4) is 11.1 Å². The molecular formula is C53H48N2S. The van der Waals surface area contributed by atoms with Crippen molar-refractivity contribution >= 4 is 65.6 Å². The van der Waals surface area contributed by atoms with E-state index >= 15 is 0 Å². The van der Waals surface area contributed by atoms with E-state index in [1.807, 2.05) is 11.3 Å². The highest BCUT2D eigenvalue weighted by Crippen LogP contribution is 2.45. The molecule has 0 spiro atoms. The van der Waals surface area contributed by atoms with Gasteiger partial charge in [0.15, 0.2) is 0 Å². The highest BCUT2D eigenvalue weighted by molar-refractivity contribution is 7.25. The molecule has 0 saturated heterocycles. The molecule has 7 aromatic carbocycles. The summed E-state index contributed by atoms with van der Waals surface area (Å²) in [5.74, 6) is 2.92. The number of nitrogens with zero attached hydrogens (tertiary/aromatic N) is 2. The molecule has 2 aliphatic carbocycles. The molecule has 3 heteroatoms. The molecule has 2 nitrogen and oxygen atoms in total. The summed E-state index contributed by atoms with van der Waals surface area (Å²) >= 11 is 1.86. The third-order valence-electron chi connectivity index (χ3n) is 12.5. The lowest BCUT2D eigenvalue weighted by atomic mass is 9.67. The fraction of sp³-hybridized carbons (Fsp3) is 0.208. The molecule has 2 fully saturated rings. The Kier molecular flexibility index (Phi) is 9.62. The minimum Gasteiger partial charge on any atom is -0.311 e. The summed E-state index contributed by atoms with van der Waals surface area (Å²) in [6.45, 7) is 0. The van der Waals surface area contributed by atoms with E-state index in [2.05, 4.69) is 186 Å². The fourth-order valence-electron chi connectivity index (χ4n) is 9.80. The second-order valence-corrected chi connectivity index (χ2v) is 17.2. The van der Waals surface area contributed by atoms with Gasteiger partial charge in [-0.15, -0.1) is 11.3 Å². The number of para-hydroxylation sites is 2. The first-order chi connectivity index (χ1) is 27.7. The topological polar surface area (TPSA) is 6.48 Å². The molecule has 0 N–H and O–H groups in total. The Morgan fingerprint density at radius 2 is 0.911 bits per heavy atom. The summed E-state index contributed by atoms with van der Waals surface area (Å²) < 4.78 is 2.64. The van der Waals surface area contributed by atoms with Crippen LogP contribution in [0.5, 0.6) is 0 Å². The molecule has 0 amide bonds. The van der Waals surface area contributed by atoms with Crippen molar-refractivity contribution in [3.63, 3.8) is 0 Å². The van der Waals surface area contributed by atoms with Gasteiger partial charge in [-0.1, -0.05) is 110 Å². The molecule has 2 aliphatic rings. The van der Waals surface area contributed by atoms with Crippen LogP contribution in [0.2, 0.25) is 0 Å². The zero-order valence-corrected chi connectivity index (χ0v) is 32.8. The predicted octanol–water partition coefficient (Wildman–Crippen LogP) is 15.8. The number of rotatable bonds is 10. The summed E-state index contributed by atoms with van der Waals surface area (Å²) in [6.07, 6.45) is 11.4. The SMILES string of the molecule is c1ccc(N(c2ccc(CCC3CC4CCCC(C4)C3)cc2)c2ccc(-c3ccc(N(c4ccccc4)c4ccc5sc6ccccc6c5c4)cc3)cc2)cc1. The Labute approximate surface area is 335 Å². The Morgan fingerprint density at radius 3 is 1.52 bits per heavy atom. The zero-order chi connectivity index (χ0) is 37.3. The number of hydrogen-bond acceptors (Lipinski definition) is 3. The standard InChI is InChI=1S/C53H48N2S/c1-3-12-44(13-4-1)54(46-26-20-38(21-27-46)18-19-41-35-39-10-9-11-40(34-39)36-41)47-28-22-42(23-29-47)43-24-30-48(31-25-43)55(45-14-5-2-6-15-45)49-32-33-53-51(37-49)50-16-7-8-17-52(50)56-53/h1-8,12-17,20-33,37,39-41H,9-11,18-19,34-36H2. The lowest BCUT2D eigenvalue weighted by Gasteiger charge is -2.39. The van der Waals surface area contributed by atoms with E-state index in [0.29, 0.717) is 0 Å². The highest BCUT2D eigenvalue weighted by atomic mass is 32.1. The fourth-order valence-corrected chi connectivity index (χ4v) is 10.9. The van der Waals surface area contributed by atoms with Crippen LogP contribution in [0.3, 0.4) is 0 Å². The van der Waals surface area contributed by atoms with Crippen LogP contribution in [0.15, 0.2) is 176 Å².